The van der Waals surface area contributed by atoms with Crippen LogP contribution >= 0.6 is 0 Å². The molecule has 1 aromatic rings. The number of hydrogen-bond acceptors (Lipinski definition) is 3. The van der Waals surface area contributed by atoms with Gasteiger partial charge in [0.1, 0.15) is 11.5 Å². The third kappa shape index (κ3) is 2.26. The Hall–Kier alpha value is -1.96. The maximum atomic E-state index is 11.5. The molecule has 0 atom stereocenters. The van der Waals surface area contributed by atoms with Gasteiger partial charge < -0.3 is 11.1 Å². The zero-order valence-electron chi connectivity index (χ0n) is 8.09. The zero-order valence-corrected chi connectivity index (χ0v) is 8.09. The Bertz CT molecular complexity index is 386. The topological polar surface area (TPSA) is 83.8 Å². The third-order valence-electron chi connectivity index (χ3n) is 1.63. The molecule has 5 heteroatoms. The molecule has 1 heterocycles. The molecule has 0 saturated heterocycles. The summed E-state index contributed by atoms with van der Waals surface area (Å²) in [5.74, 6) is 2.40. The Morgan fingerprint density at radius 1 is 1.79 bits per heavy atom. The minimum absolute atomic E-state index is 0.272. The van der Waals surface area contributed by atoms with Crippen LogP contribution in [0.2, 0.25) is 0 Å². The second kappa shape index (κ2) is 3.42. The largest absolute Gasteiger partial charge is 0.382 e. The Morgan fingerprint density at radius 3 is 2.86 bits per heavy atom. The summed E-state index contributed by atoms with van der Waals surface area (Å²) in [6.07, 6.45) is 5.22. The molecule has 0 aromatic carbocycles. The molecule has 0 bridgehead atoms. The molecule has 0 fully saturated rings. The van der Waals surface area contributed by atoms with Crippen LogP contribution in [-0.2, 0) is 0 Å². The van der Waals surface area contributed by atoms with Crippen LogP contribution in [0.4, 0.5) is 5.82 Å². The van der Waals surface area contributed by atoms with Crippen molar-refractivity contribution in [1.29, 1.82) is 0 Å². The number of amides is 1. The van der Waals surface area contributed by atoms with Crippen molar-refractivity contribution in [2.24, 2.45) is 0 Å². The number of terminal acetylenes is 1. The molecule has 0 spiro atoms. The van der Waals surface area contributed by atoms with Crippen molar-refractivity contribution >= 4 is 11.7 Å². The summed E-state index contributed by atoms with van der Waals surface area (Å²) in [7, 11) is 0. The lowest BCUT2D eigenvalue weighted by atomic mass is 10.1. The molecule has 1 rings (SSSR count). The average Bonchev–Trinajstić information content (AvgIpc) is 2.51. The molecule has 0 radical (unpaired) electrons. The van der Waals surface area contributed by atoms with E-state index < -0.39 is 5.54 Å². The molecule has 1 amide bonds. The van der Waals surface area contributed by atoms with Crippen LogP contribution in [-0.4, -0.2) is 21.6 Å². The number of hydrogen-bond donors (Lipinski definition) is 3. The third-order valence-corrected chi connectivity index (χ3v) is 1.63. The van der Waals surface area contributed by atoms with Gasteiger partial charge >= 0.3 is 0 Å². The lowest BCUT2D eigenvalue weighted by Gasteiger charge is -2.18. The Balaban J connectivity index is 2.74. The average molecular weight is 192 g/mol. The van der Waals surface area contributed by atoms with Crippen LogP contribution in [0.3, 0.4) is 0 Å². The fraction of sp³-hybridized carbons (Fsp3) is 0.333. The number of nitrogens with zero attached hydrogens (tertiary/aromatic N) is 1. The number of rotatable bonds is 2. The van der Waals surface area contributed by atoms with E-state index in [4.69, 9.17) is 12.2 Å². The molecule has 14 heavy (non-hydrogen) atoms. The number of nitrogens with two attached hydrogens (primary N) is 1. The van der Waals surface area contributed by atoms with Gasteiger partial charge in [-0.2, -0.15) is 5.10 Å². The number of H-pyrrole nitrogens is 1. The standard InChI is InChI=1S/C9H12N4O/c1-4-9(2,3)11-8(14)6-5-7(10)13-12-6/h1,5H,2-3H3,(H,11,14)(H3,10,12,13). The molecule has 1 aromatic heterocycles. The van der Waals surface area contributed by atoms with Gasteiger partial charge in [0.25, 0.3) is 5.91 Å². The van der Waals surface area contributed by atoms with Crippen molar-refractivity contribution in [2.75, 3.05) is 5.73 Å². The minimum Gasteiger partial charge on any atom is -0.382 e. The van der Waals surface area contributed by atoms with Gasteiger partial charge in [-0.1, -0.05) is 5.92 Å². The highest BCUT2D eigenvalue weighted by molar-refractivity contribution is 5.93. The smallest absolute Gasteiger partial charge is 0.270 e. The first-order valence-corrected chi connectivity index (χ1v) is 4.06. The van der Waals surface area contributed by atoms with E-state index in [0.29, 0.717) is 5.69 Å². The summed E-state index contributed by atoms with van der Waals surface area (Å²) < 4.78 is 0. The lowest BCUT2D eigenvalue weighted by molar-refractivity contribution is 0.0925. The maximum absolute atomic E-state index is 11.5. The highest BCUT2D eigenvalue weighted by Gasteiger charge is 2.19. The van der Waals surface area contributed by atoms with Crippen molar-refractivity contribution < 1.29 is 4.79 Å². The first kappa shape index (κ1) is 10.1. The number of anilines is 1. The number of carbonyl (C=O) groups is 1. The lowest BCUT2D eigenvalue weighted by Crippen LogP contribution is -2.42. The van der Waals surface area contributed by atoms with Gasteiger partial charge in [0.15, 0.2) is 0 Å². The van der Waals surface area contributed by atoms with Crippen LogP contribution in [0.25, 0.3) is 0 Å². The van der Waals surface area contributed by atoms with E-state index in [1.807, 2.05) is 0 Å². The molecular formula is C9H12N4O. The summed E-state index contributed by atoms with van der Waals surface area (Å²) in [5, 5.41) is 8.76. The van der Waals surface area contributed by atoms with Gasteiger partial charge in [0.2, 0.25) is 0 Å². The van der Waals surface area contributed by atoms with E-state index >= 15 is 0 Å². The zero-order chi connectivity index (χ0) is 10.8. The number of carbonyl (C=O) groups excluding carboxylic acids is 1. The van der Waals surface area contributed by atoms with Crippen LogP contribution < -0.4 is 11.1 Å². The molecular weight excluding hydrogens is 180 g/mol. The van der Waals surface area contributed by atoms with E-state index in [2.05, 4.69) is 21.4 Å². The number of nitrogens with one attached hydrogen (secondary N) is 2. The first-order valence-electron chi connectivity index (χ1n) is 4.06. The van der Waals surface area contributed by atoms with Gasteiger partial charge in [-0.25, -0.2) is 0 Å². The molecule has 0 saturated carbocycles. The summed E-state index contributed by atoms with van der Waals surface area (Å²) in [5.41, 5.74) is 4.96. The summed E-state index contributed by atoms with van der Waals surface area (Å²) in [6.45, 7) is 3.45. The van der Waals surface area contributed by atoms with Crippen molar-refractivity contribution in [3.63, 3.8) is 0 Å². The first-order chi connectivity index (χ1) is 6.44. The van der Waals surface area contributed by atoms with Crippen LogP contribution in [0.1, 0.15) is 24.3 Å². The van der Waals surface area contributed by atoms with Gasteiger partial charge in [-0.05, 0) is 13.8 Å². The van der Waals surface area contributed by atoms with Gasteiger partial charge in [0, 0.05) is 6.07 Å². The second-order valence-electron chi connectivity index (χ2n) is 3.43. The van der Waals surface area contributed by atoms with Gasteiger partial charge in [0.05, 0.1) is 5.54 Å². The summed E-state index contributed by atoms with van der Waals surface area (Å²) in [6, 6.07) is 1.45. The Morgan fingerprint density at radius 2 is 2.43 bits per heavy atom. The predicted molar refractivity (Wildman–Crippen MR) is 53.4 cm³/mol. The van der Waals surface area contributed by atoms with Crippen LogP contribution in [0, 0.1) is 12.3 Å². The predicted octanol–water partition coefficient (Wildman–Crippen LogP) is 0.133. The van der Waals surface area contributed by atoms with Gasteiger partial charge in [-0.3, -0.25) is 9.89 Å². The number of nitrogen functional groups attached to an aromatic ring is 1. The van der Waals surface area contributed by atoms with E-state index in [0.717, 1.165) is 0 Å². The molecule has 0 aliphatic rings. The van der Waals surface area contributed by atoms with Crippen LogP contribution in [0.5, 0.6) is 0 Å². The second-order valence-corrected chi connectivity index (χ2v) is 3.43. The molecule has 0 aliphatic carbocycles. The molecule has 5 nitrogen and oxygen atoms in total. The molecule has 4 N–H and O–H groups in total. The summed E-state index contributed by atoms with van der Waals surface area (Å²) >= 11 is 0. The minimum atomic E-state index is -0.684. The molecule has 0 unspecified atom stereocenters. The van der Waals surface area contributed by atoms with Crippen molar-refractivity contribution in [2.45, 2.75) is 19.4 Å². The van der Waals surface area contributed by atoms with Crippen molar-refractivity contribution in [1.82, 2.24) is 15.5 Å². The normalized spacial score (nSPS) is 10.6. The number of aromatic nitrogens is 2. The monoisotopic (exact) mass is 192 g/mol. The highest BCUT2D eigenvalue weighted by atomic mass is 16.2. The van der Waals surface area contributed by atoms with Crippen LogP contribution in [0.15, 0.2) is 6.07 Å². The van der Waals surface area contributed by atoms with E-state index in [1.165, 1.54) is 6.07 Å². The number of aromatic amines is 1. The molecule has 74 valence electrons. The molecule has 0 aliphatic heterocycles. The van der Waals surface area contributed by atoms with E-state index in [9.17, 15) is 4.79 Å². The fourth-order valence-corrected chi connectivity index (χ4v) is 0.841. The van der Waals surface area contributed by atoms with E-state index in [-0.39, 0.29) is 11.7 Å². The maximum Gasteiger partial charge on any atom is 0.270 e. The quantitative estimate of drug-likeness (QED) is 0.582. The SMILES string of the molecule is C#CC(C)(C)NC(=O)c1cc(N)n[nH]1. The Labute approximate surface area is 82.1 Å². The van der Waals surface area contributed by atoms with Gasteiger partial charge in [-0.15, -0.1) is 6.42 Å². The Kier molecular flexibility index (Phi) is 2.47. The van der Waals surface area contributed by atoms with E-state index in [1.54, 1.807) is 13.8 Å². The fourth-order valence-electron chi connectivity index (χ4n) is 0.841. The highest BCUT2D eigenvalue weighted by Crippen LogP contribution is 2.04. The van der Waals surface area contributed by atoms with Crippen molar-refractivity contribution in [3.05, 3.63) is 11.8 Å². The summed E-state index contributed by atoms with van der Waals surface area (Å²) in [4.78, 5) is 11.5. The van der Waals surface area contributed by atoms with Crippen molar-refractivity contribution in [3.8, 4) is 12.3 Å².